The van der Waals surface area contributed by atoms with Crippen LogP contribution in [0.2, 0.25) is 0 Å². The molecular weight excluding hydrogens is 351 g/mol. The molecule has 0 aliphatic rings. The van der Waals surface area contributed by atoms with Gasteiger partial charge < -0.3 is 15.7 Å². The molecule has 3 N–H and O–H groups in total. The number of carboxylic acids is 1. The van der Waals surface area contributed by atoms with Crippen LogP contribution in [0.3, 0.4) is 0 Å². The molecule has 2 aromatic rings. The summed E-state index contributed by atoms with van der Waals surface area (Å²) < 4.78 is 13.3. The summed E-state index contributed by atoms with van der Waals surface area (Å²) in [5.74, 6) is -2.74. The van der Waals surface area contributed by atoms with Crippen molar-refractivity contribution in [2.24, 2.45) is 0 Å². The van der Waals surface area contributed by atoms with Gasteiger partial charge in [-0.05, 0) is 23.3 Å². The van der Waals surface area contributed by atoms with Gasteiger partial charge in [0.05, 0.1) is 0 Å². The summed E-state index contributed by atoms with van der Waals surface area (Å²) >= 11 is 0. The van der Waals surface area contributed by atoms with Crippen molar-refractivity contribution in [3.8, 4) is 0 Å². The average molecular weight is 372 g/mol. The molecule has 0 aliphatic heterocycles. The fourth-order valence-corrected chi connectivity index (χ4v) is 2.68. The molecule has 142 valence electrons. The van der Waals surface area contributed by atoms with Crippen LogP contribution in [-0.2, 0) is 27.2 Å². The molecule has 0 saturated carbocycles. The Balaban J connectivity index is 2.11. The summed E-state index contributed by atoms with van der Waals surface area (Å²) in [6.07, 6.45) is 0.148. The van der Waals surface area contributed by atoms with Crippen molar-refractivity contribution in [1.29, 1.82) is 0 Å². The van der Waals surface area contributed by atoms with Crippen LogP contribution in [0.1, 0.15) is 18.1 Å². The normalized spacial score (nSPS) is 12.7. The Hall–Kier alpha value is -3.22. The van der Waals surface area contributed by atoms with Gasteiger partial charge in [0, 0.05) is 19.8 Å². The van der Waals surface area contributed by atoms with Crippen molar-refractivity contribution in [2.45, 2.75) is 31.8 Å². The van der Waals surface area contributed by atoms with Crippen molar-refractivity contribution in [1.82, 2.24) is 10.6 Å². The predicted molar refractivity (Wildman–Crippen MR) is 97.4 cm³/mol. The Kier molecular flexibility index (Phi) is 7.05. The van der Waals surface area contributed by atoms with E-state index in [1.54, 1.807) is 6.07 Å². The maximum Gasteiger partial charge on any atom is 0.326 e. The Morgan fingerprint density at radius 3 is 2.15 bits per heavy atom. The first-order valence-electron chi connectivity index (χ1n) is 8.44. The first kappa shape index (κ1) is 20.1. The Morgan fingerprint density at radius 1 is 0.926 bits per heavy atom. The summed E-state index contributed by atoms with van der Waals surface area (Å²) in [5.41, 5.74) is 1.27. The second-order valence-electron chi connectivity index (χ2n) is 6.18. The molecule has 0 aliphatic carbocycles. The summed E-state index contributed by atoms with van der Waals surface area (Å²) in [5, 5.41) is 14.4. The second-order valence-corrected chi connectivity index (χ2v) is 6.18. The molecule has 0 fully saturated rings. The smallest absolute Gasteiger partial charge is 0.326 e. The number of amides is 2. The highest BCUT2D eigenvalue weighted by molar-refractivity contribution is 5.90. The van der Waals surface area contributed by atoms with E-state index in [0.29, 0.717) is 5.56 Å². The van der Waals surface area contributed by atoms with Gasteiger partial charge in [-0.1, -0.05) is 42.5 Å². The van der Waals surface area contributed by atoms with Crippen LogP contribution >= 0.6 is 0 Å². The van der Waals surface area contributed by atoms with Gasteiger partial charge in [0.15, 0.2) is 0 Å². The van der Waals surface area contributed by atoms with Gasteiger partial charge >= 0.3 is 5.97 Å². The maximum absolute atomic E-state index is 13.3. The third-order valence-corrected chi connectivity index (χ3v) is 3.92. The Morgan fingerprint density at radius 2 is 1.56 bits per heavy atom. The number of carbonyl (C=O) groups is 3. The molecule has 7 heteroatoms. The van der Waals surface area contributed by atoms with Crippen LogP contribution in [-0.4, -0.2) is 35.0 Å². The number of carboxylic acid groups (broad SMARTS) is 1. The lowest BCUT2D eigenvalue weighted by molar-refractivity contribution is -0.142. The van der Waals surface area contributed by atoms with Crippen LogP contribution < -0.4 is 10.6 Å². The fraction of sp³-hybridized carbons (Fsp3) is 0.250. The molecule has 27 heavy (non-hydrogen) atoms. The molecule has 6 nitrogen and oxygen atoms in total. The third-order valence-electron chi connectivity index (χ3n) is 3.92. The number of halogens is 1. The van der Waals surface area contributed by atoms with E-state index in [2.05, 4.69) is 10.6 Å². The van der Waals surface area contributed by atoms with Crippen molar-refractivity contribution < 1.29 is 23.9 Å². The SMILES string of the molecule is CC(=O)N[C@H](Cc1ccccc1)C(=O)N[C@@H](Cc1cccc(F)c1)C(=O)O. The van der Waals surface area contributed by atoms with Crippen LogP contribution in [0.5, 0.6) is 0 Å². The first-order chi connectivity index (χ1) is 12.8. The molecule has 0 spiro atoms. The second kappa shape index (κ2) is 9.47. The molecule has 2 aromatic carbocycles. The first-order valence-corrected chi connectivity index (χ1v) is 8.44. The summed E-state index contributed by atoms with van der Waals surface area (Å²) in [6.45, 7) is 1.28. The number of hydrogen-bond donors (Lipinski definition) is 3. The average Bonchev–Trinajstić information content (AvgIpc) is 2.61. The highest BCUT2D eigenvalue weighted by Crippen LogP contribution is 2.08. The summed E-state index contributed by atoms with van der Waals surface area (Å²) in [4.78, 5) is 35.6. The monoisotopic (exact) mass is 372 g/mol. The van der Waals surface area contributed by atoms with E-state index in [-0.39, 0.29) is 12.8 Å². The standard InChI is InChI=1S/C20H21FN2O4/c1-13(24)22-17(11-14-6-3-2-4-7-14)19(25)23-18(20(26)27)12-15-8-5-9-16(21)10-15/h2-10,17-18H,11-12H2,1H3,(H,22,24)(H,23,25)(H,26,27)/t17-,18+/m1/s1. The molecular formula is C20H21FN2O4. The molecule has 2 amide bonds. The van der Waals surface area contributed by atoms with E-state index < -0.39 is 35.7 Å². The lowest BCUT2D eigenvalue weighted by Gasteiger charge is -2.21. The van der Waals surface area contributed by atoms with Crippen molar-refractivity contribution in [3.05, 3.63) is 71.5 Å². The maximum atomic E-state index is 13.3. The summed E-state index contributed by atoms with van der Waals surface area (Å²) in [6, 6.07) is 12.4. The number of hydrogen-bond acceptors (Lipinski definition) is 3. The number of aliphatic carboxylic acids is 1. The van der Waals surface area contributed by atoms with E-state index in [9.17, 15) is 23.9 Å². The van der Waals surface area contributed by atoms with Crippen molar-refractivity contribution >= 4 is 17.8 Å². The van der Waals surface area contributed by atoms with Crippen molar-refractivity contribution in [2.75, 3.05) is 0 Å². The third kappa shape index (κ3) is 6.54. The van der Waals surface area contributed by atoms with E-state index in [1.165, 1.54) is 25.1 Å². The number of carbonyl (C=O) groups excluding carboxylic acids is 2. The van der Waals surface area contributed by atoms with Gasteiger partial charge in [-0.2, -0.15) is 0 Å². The minimum absolute atomic E-state index is 0.0725. The van der Waals surface area contributed by atoms with Crippen LogP contribution in [0.15, 0.2) is 54.6 Å². The van der Waals surface area contributed by atoms with Crippen molar-refractivity contribution in [3.63, 3.8) is 0 Å². The zero-order valence-electron chi connectivity index (χ0n) is 14.8. The zero-order valence-corrected chi connectivity index (χ0v) is 14.8. The molecule has 2 atom stereocenters. The minimum Gasteiger partial charge on any atom is -0.480 e. The van der Waals surface area contributed by atoms with Gasteiger partial charge in [-0.3, -0.25) is 9.59 Å². The number of rotatable bonds is 8. The fourth-order valence-electron chi connectivity index (χ4n) is 2.68. The Labute approximate surface area is 156 Å². The van der Waals surface area contributed by atoms with Gasteiger partial charge in [-0.25, -0.2) is 9.18 Å². The largest absolute Gasteiger partial charge is 0.480 e. The summed E-state index contributed by atoms with van der Waals surface area (Å²) in [7, 11) is 0. The van der Waals surface area contributed by atoms with E-state index in [4.69, 9.17) is 0 Å². The van der Waals surface area contributed by atoms with Gasteiger partial charge in [0.1, 0.15) is 17.9 Å². The molecule has 0 heterocycles. The molecule has 0 bridgehead atoms. The van der Waals surface area contributed by atoms with Gasteiger partial charge in [0.25, 0.3) is 0 Å². The molecule has 0 aromatic heterocycles. The van der Waals surface area contributed by atoms with Crippen LogP contribution in [0.4, 0.5) is 4.39 Å². The zero-order chi connectivity index (χ0) is 19.8. The molecule has 0 radical (unpaired) electrons. The van der Waals surface area contributed by atoms with Crippen LogP contribution in [0, 0.1) is 5.82 Å². The lowest BCUT2D eigenvalue weighted by atomic mass is 10.0. The highest BCUT2D eigenvalue weighted by Gasteiger charge is 2.26. The highest BCUT2D eigenvalue weighted by atomic mass is 19.1. The Bertz CT molecular complexity index is 811. The van der Waals surface area contributed by atoms with Gasteiger partial charge in [-0.15, -0.1) is 0 Å². The van der Waals surface area contributed by atoms with E-state index in [1.807, 2.05) is 30.3 Å². The van der Waals surface area contributed by atoms with E-state index >= 15 is 0 Å². The topological polar surface area (TPSA) is 95.5 Å². The quantitative estimate of drug-likeness (QED) is 0.657. The number of benzene rings is 2. The molecule has 2 rings (SSSR count). The molecule has 0 saturated heterocycles. The number of nitrogens with one attached hydrogen (secondary N) is 2. The lowest BCUT2D eigenvalue weighted by Crippen LogP contribution is -2.52. The molecule has 0 unspecified atom stereocenters. The van der Waals surface area contributed by atoms with Gasteiger partial charge in [0.2, 0.25) is 11.8 Å². The predicted octanol–water partition coefficient (Wildman–Crippen LogP) is 1.68. The minimum atomic E-state index is -1.24. The van der Waals surface area contributed by atoms with Crippen LogP contribution in [0.25, 0.3) is 0 Å². The van der Waals surface area contributed by atoms with E-state index in [0.717, 1.165) is 5.56 Å².